The van der Waals surface area contributed by atoms with E-state index >= 15 is 0 Å². The third-order valence-corrected chi connectivity index (χ3v) is 4.89. The number of aromatic nitrogens is 2. The van der Waals surface area contributed by atoms with E-state index in [0.717, 1.165) is 33.7 Å². The van der Waals surface area contributed by atoms with Gasteiger partial charge in [-0.15, -0.1) is 11.3 Å². The lowest BCUT2D eigenvalue weighted by Crippen LogP contribution is -2.03. The van der Waals surface area contributed by atoms with Crippen LogP contribution in [0.2, 0.25) is 0 Å². The van der Waals surface area contributed by atoms with Crippen molar-refractivity contribution in [3.63, 3.8) is 0 Å². The van der Waals surface area contributed by atoms with E-state index in [9.17, 15) is 9.50 Å². The Kier molecular flexibility index (Phi) is 3.78. The molecule has 0 spiro atoms. The Labute approximate surface area is 142 Å². The normalized spacial score (nSPS) is 11.2. The Morgan fingerprint density at radius 2 is 1.88 bits per heavy atom. The molecule has 0 unspecified atom stereocenters. The summed E-state index contributed by atoms with van der Waals surface area (Å²) in [4.78, 5) is 5.76. The molecule has 0 atom stereocenters. The predicted octanol–water partition coefficient (Wildman–Crippen LogP) is 4.85. The lowest BCUT2D eigenvalue weighted by atomic mass is 10.1. The fraction of sp³-hybridized carbons (Fsp3) is 0.105. The van der Waals surface area contributed by atoms with E-state index in [2.05, 4.69) is 0 Å². The van der Waals surface area contributed by atoms with Gasteiger partial charge in [0.2, 0.25) is 0 Å². The molecule has 4 rings (SSSR count). The molecule has 1 N–H and O–H groups in total. The van der Waals surface area contributed by atoms with Crippen molar-refractivity contribution in [2.45, 2.75) is 13.0 Å². The summed E-state index contributed by atoms with van der Waals surface area (Å²) in [6, 6.07) is 15.9. The van der Waals surface area contributed by atoms with Crippen LogP contribution in [-0.2, 0) is 13.0 Å². The molecule has 0 amide bonds. The van der Waals surface area contributed by atoms with E-state index in [1.165, 1.54) is 12.1 Å². The summed E-state index contributed by atoms with van der Waals surface area (Å²) in [5.41, 5.74) is 2.56. The van der Waals surface area contributed by atoms with Crippen LogP contribution in [0.15, 0.2) is 60.0 Å². The summed E-state index contributed by atoms with van der Waals surface area (Å²) in [6.45, 7) is 0.660. The molecule has 3 nitrogen and oxygen atoms in total. The third kappa shape index (κ3) is 2.67. The number of aromatic hydroxyl groups is 1. The van der Waals surface area contributed by atoms with Crippen molar-refractivity contribution in [2.24, 2.45) is 0 Å². The Balaban J connectivity index is 1.77. The van der Waals surface area contributed by atoms with Gasteiger partial charge in [0.1, 0.15) is 17.1 Å². The molecule has 0 aliphatic heterocycles. The van der Waals surface area contributed by atoms with E-state index < -0.39 is 0 Å². The van der Waals surface area contributed by atoms with Crippen LogP contribution in [-0.4, -0.2) is 14.7 Å². The van der Waals surface area contributed by atoms with Crippen LogP contribution >= 0.6 is 11.3 Å². The first kappa shape index (κ1) is 14.9. The van der Waals surface area contributed by atoms with Crippen LogP contribution in [0.4, 0.5) is 4.39 Å². The van der Waals surface area contributed by atoms with Gasteiger partial charge in [-0.1, -0.05) is 24.3 Å². The van der Waals surface area contributed by atoms with Crippen LogP contribution in [0.5, 0.6) is 5.75 Å². The Hall–Kier alpha value is -2.66. The fourth-order valence-corrected chi connectivity index (χ4v) is 3.59. The van der Waals surface area contributed by atoms with E-state index in [-0.39, 0.29) is 11.6 Å². The first-order valence-corrected chi connectivity index (χ1v) is 8.57. The average molecular weight is 338 g/mol. The molecule has 0 fully saturated rings. The molecule has 5 heteroatoms. The van der Waals surface area contributed by atoms with Gasteiger partial charge in [-0.3, -0.25) is 0 Å². The van der Waals surface area contributed by atoms with Crippen molar-refractivity contribution in [1.82, 2.24) is 9.55 Å². The number of para-hydroxylation sites is 1. The maximum atomic E-state index is 13.1. The summed E-state index contributed by atoms with van der Waals surface area (Å²) < 4.78 is 15.1. The highest BCUT2D eigenvalue weighted by Crippen LogP contribution is 2.32. The summed E-state index contributed by atoms with van der Waals surface area (Å²) in [5, 5.41) is 12.3. The number of benzene rings is 2. The highest BCUT2D eigenvalue weighted by Gasteiger charge is 2.16. The number of imidazole rings is 1. The Bertz CT molecular complexity index is 975. The first-order valence-electron chi connectivity index (χ1n) is 7.69. The van der Waals surface area contributed by atoms with Gasteiger partial charge in [-0.25, -0.2) is 9.37 Å². The lowest BCUT2D eigenvalue weighted by molar-refractivity contribution is 0.477. The predicted molar refractivity (Wildman–Crippen MR) is 94.8 cm³/mol. The minimum atomic E-state index is -0.233. The number of hydrogen-bond acceptors (Lipinski definition) is 3. The van der Waals surface area contributed by atoms with Crippen LogP contribution in [0.1, 0.15) is 5.56 Å². The molecule has 2 heterocycles. The number of nitrogens with zero attached hydrogens (tertiary/aromatic N) is 2. The zero-order valence-electron chi connectivity index (χ0n) is 12.8. The quantitative estimate of drug-likeness (QED) is 0.577. The van der Waals surface area contributed by atoms with Crippen molar-refractivity contribution in [3.05, 3.63) is 71.4 Å². The highest BCUT2D eigenvalue weighted by atomic mass is 32.1. The highest BCUT2D eigenvalue weighted by molar-refractivity contribution is 7.13. The Morgan fingerprint density at radius 3 is 2.62 bits per heavy atom. The van der Waals surface area contributed by atoms with Crippen LogP contribution in [0.25, 0.3) is 21.7 Å². The van der Waals surface area contributed by atoms with Gasteiger partial charge in [0.25, 0.3) is 0 Å². The molecular formula is C19H15FN2OS. The number of aryl methyl sites for hydroxylation is 2. The van der Waals surface area contributed by atoms with Gasteiger partial charge in [0, 0.05) is 6.54 Å². The summed E-state index contributed by atoms with van der Waals surface area (Å²) in [5.74, 6) is 0.842. The largest absolute Gasteiger partial charge is 0.506 e. The number of thiophene rings is 1. The Morgan fingerprint density at radius 1 is 1.04 bits per heavy atom. The van der Waals surface area contributed by atoms with Gasteiger partial charge in [0.05, 0.1) is 10.4 Å². The molecule has 0 bridgehead atoms. The zero-order chi connectivity index (χ0) is 16.5. The molecule has 4 aromatic rings. The summed E-state index contributed by atoms with van der Waals surface area (Å²) >= 11 is 1.62. The second-order valence-corrected chi connectivity index (χ2v) is 6.53. The molecule has 0 radical (unpaired) electrons. The van der Waals surface area contributed by atoms with Crippen molar-refractivity contribution in [1.29, 1.82) is 0 Å². The number of rotatable bonds is 4. The molecule has 24 heavy (non-hydrogen) atoms. The minimum Gasteiger partial charge on any atom is -0.506 e. The second-order valence-electron chi connectivity index (χ2n) is 5.59. The van der Waals surface area contributed by atoms with E-state index in [0.29, 0.717) is 6.54 Å². The molecule has 0 saturated carbocycles. The lowest BCUT2D eigenvalue weighted by Gasteiger charge is -2.09. The molecule has 0 saturated heterocycles. The number of phenols is 1. The van der Waals surface area contributed by atoms with Crippen LogP contribution in [0, 0.1) is 5.82 Å². The van der Waals surface area contributed by atoms with Crippen molar-refractivity contribution < 1.29 is 9.50 Å². The number of hydrogen-bond donors (Lipinski definition) is 1. The zero-order valence-corrected chi connectivity index (χ0v) is 13.6. The SMILES string of the molecule is Oc1cccc2nc(-c3cccs3)n(CCc3ccc(F)cc3)c12. The number of fused-ring (bicyclic) bond motifs is 1. The molecule has 2 aromatic carbocycles. The molecule has 0 aliphatic rings. The molecular weight excluding hydrogens is 323 g/mol. The number of halogens is 1. The van der Waals surface area contributed by atoms with E-state index in [1.807, 2.05) is 28.1 Å². The smallest absolute Gasteiger partial charge is 0.151 e. The summed E-state index contributed by atoms with van der Waals surface area (Å²) in [7, 11) is 0. The van der Waals surface area contributed by atoms with Crippen LogP contribution in [0.3, 0.4) is 0 Å². The standard InChI is InChI=1S/C19H15FN2OS/c20-14-8-6-13(7-9-14)10-11-22-18-15(3-1-4-16(18)23)21-19(22)17-5-2-12-24-17/h1-9,12,23H,10-11H2. The third-order valence-electron chi connectivity index (χ3n) is 4.02. The topological polar surface area (TPSA) is 38.1 Å². The van der Waals surface area contributed by atoms with Gasteiger partial charge in [-0.2, -0.15) is 0 Å². The van der Waals surface area contributed by atoms with Crippen LogP contribution < -0.4 is 0 Å². The molecule has 0 aliphatic carbocycles. The van der Waals surface area contributed by atoms with Crippen molar-refractivity contribution in [2.75, 3.05) is 0 Å². The monoisotopic (exact) mass is 338 g/mol. The molecule has 2 aromatic heterocycles. The van der Waals surface area contributed by atoms with E-state index in [4.69, 9.17) is 4.98 Å². The average Bonchev–Trinajstić information content (AvgIpc) is 3.22. The first-order chi connectivity index (χ1) is 11.7. The van der Waals surface area contributed by atoms with Crippen molar-refractivity contribution in [3.8, 4) is 16.5 Å². The van der Waals surface area contributed by atoms with Gasteiger partial charge in [0.15, 0.2) is 5.82 Å². The minimum absolute atomic E-state index is 0.224. The van der Waals surface area contributed by atoms with Gasteiger partial charge < -0.3 is 9.67 Å². The maximum absolute atomic E-state index is 13.1. The van der Waals surface area contributed by atoms with Gasteiger partial charge in [-0.05, 0) is 47.7 Å². The maximum Gasteiger partial charge on any atom is 0.151 e. The van der Waals surface area contributed by atoms with Gasteiger partial charge >= 0.3 is 0 Å². The summed E-state index contributed by atoms with van der Waals surface area (Å²) in [6.07, 6.45) is 0.735. The van der Waals surface area contributed by atoms with E-state index in [1.54, 1.807) is 35.6 Å². The fourth-order valence-electron chi connectivity index (χ4n) is 2.87. The second kappa shape index (κ2) is 6.09. The number of phenolic OH excluding ortho intramolecular Hbond substituents is 1. The molecule has 120 valence electrons. The van der Waals surface area contributed by atoms with Crippen molar-refractivity contribution >= 4 is 22.4 Å².